The van der Waals surface area contributed by atoms with Gasteiger partial charge in [-0.3, -0.25) is 9.78 Å². The highest BCUT2D eigenvalue weighted by Gasteiger charge is 2.30. The Morgan fingerprint density at radius 1 is 1.50 bits per heavy atom. The van der Waals surface area contributed by atoms with E-state index in [2.05, 4.69) is 15.3 Å². The summed E-state index contributed by atoms with van der Waals surface area (Å²) >= 11 is 0. The predicted molar refractivity (Wildman–Crippen MR) is 48.5 cm³/mol. The first-order valence-corrected chi connectivity index (χ1v) is 4.52. The van der Waals surface area contributed by atoms with Gasteiger partial charge in [-0.25, -0.2) is 4.98 Å². The van der Waals surface area contributed by atoms with Gasteiger partial charge in [-0.05, 0) is 12.8 Å². The molecule has 0 saturated heterocycles. The van der Waals surface area contributed by atoms with Gasteiger partial charge in [-0.15, -0.1) is 0 Å². The van der Waals surface area contributed by atoms with E-state index in [1.54, 1.807) is 0 Å². The number of hydrogen-bond donors (Lipinski definition) is 2. The van der Waals surface area contributed by atoms with Crippen molar-refractivity contribution in [1.82, 2.24) is 15.3 Å². The van der Waals surface area contributed by atoms with Crippen LogP contribution in [-0.4, -0.2) is 33.1 Å². The maximum atomic E-state index is 11.5. The van der Waals surface area contributed by atoms with Crippen LogP contribution in [0.1, 0.15) is 23.3 Å². The van der Waals surface area contributed by atoms with E-state index in [1.807, 2.05) is 0 Å². The van der Waals surface area contributed by atoms with E-state index in [0.29, 0.717) is 0 Å². The van der Waals surface area contributed by atoms with Crippen LogP contribution in [0.25, 0.3) is 0 Å². The molecule has 1 saturated carbocycles. The van der Waals surface area contributed by atoms with Gasteiger partial charge in [0.2, 0.25) is 0 Å². The fourth-order valence-corrected chi connectivity index (χ4v) is 1.31. The molecule has 2 atom stereocenters. The summed E-state index contributed by atoms with van der Waals surface area (Å²) in [5, 5.41) is 11.9. The number of amides is 1. The summed E-state index contributed by atoms with van der Waals surface area (Å²) in [5.41, 5.74) is 0.284. The van der Waals surface area contributed by atoms with Crippen LogP contribution in [0.4, 0.5) is 0 Å². The van der Waals surface area contributed by atoms with Gasteiger partial charge in [0.05, 0.1) is 18.3 Å². The molecule has 0 bridgehead atoms. The van der Waals surface area contributed by atoms with Gasteiger partial charge in [0, 0.05) is 12.4 Å². The Morgan fingerprint density at radius 2 is 2.36 bits per heavy atom. The second-order valence-electron chi connectivity index (χ2n) is 3.32. The van der Waals surface area contributed by atoms with Crippen LogP contribution >= 0.6 is 0 Å². The largest absolute Gasteiger partial charge is 0.391 e. The molecular weight excluding hydrogens is 182 g/mol. The van der Waals surface area contributed by atoms with E-state index in [0.717, 1.165) is 12.8 Å². The number of carbonyl (C=O) groups is 1. The van der Waals surface area contributed by atoms with Crippen molar-refractivity contribution in [1.29, 1.82) is 0 Å². The standard InChI is InChI=1S/C9H11N3O2/c13-8-2-1-6(8)12-9(14)7-5-10-3-4-11-7/h3-6,8,13H,1-2H2,(H,12,14). The summed E-state index contributed by atoms with van der Waals surface area (Å²) in [4.78, 5) is 19.1. The summed E-state index contributed by atoms with van der Waals surface area (Å²) in [7, 11) is 0. The molecule has 1 amide bonds. The van der Waals surface area contributed by atoms with Crippen molar-refractivity contribution in [3.8, 4) is 0 Å². The van der Waals surface area contributed by atoms with Gasteiger partial charge >= 0.3 is 0 Å². The number of hydrogen-bond acceptors (Lipinski definition) is 4. The Kier molecular flexibility index (Phi) is 2.41. The first-order chi connectivity index (χ1) is 6.77. The molecule has 5 nitrogen and oxygen atoms in total. The molecule has 5 heteroatoms. The molecule has 1 aromatic heterocycles. The van der Waals surface area contributed by atoms with Crippen molar-refractivity contribution in [3.05, 3.63) is 24.3 Å². The van der Waals surface area contributed by atoms with E-state index in [9.17, 15) is 9.90 Å². The molecule has 74 valence electrons. The third-order valence-corrected chi connectivity index (χ3v) is 2.35. The lowest BCUT2D eigenvalue weighted by molar-refractivity contribution is 0.0445. The van der Waals surface area contributed by atoms with Crippen molar-refractivity contribution >= 4 is 5.91 Å². The Bertz CT molecular complexity index is 328. The average Bonchev–Trinajstić information content (AvgIpc) is 2.24. The second-order valence-corrected chi connectivity index (χ2v) is 3.32. The molecular formula is C9H11N3O2. The number of nitrogens with one attached hydrogen (secondary N) is 1. The zero-order valence-corrected chi connectivity index (χ0v) is 7.55. The van der Waals surface area contributed by atoms with Gasteiger partial charge in [-0.2, -0.15) is 0 Å². The molecule has 2 N–H and O–H groups in total. The number of aliphatic hydroxyl groups is 1. The monoisotopic (exact) mass is 193 g/mol. The molecule has 0 aliphatic heterocycles. The van der Waals surface area contributed by atoms with Crippen LogP contribution in [0.3, 0.4) is 0 Å². The van der Waals surface area contributed by atoms with Crippen molar-refractivity contribution in [3.63, 3.8) is 0 Å². The fourth-order valence-electron chi connectivity index (χ4n) is 1.31. The van der Waals surface area contributed by atoms with Gasteiger partial charge in [0.15, 0.2) is 0 Å². The molecule has 1 aliphatic carbocycles. The molecule has 0 spiro atoms. The summed E-state index contributed by atoms with van der Waals surface area (Å²) in [6.45, 7) is 0. The van der Waals surface area contributed by atoms with Crippen molar-refractivity contribution < 1.29 is 9.90 Å². The molecule has 0 aromatic carbocycles. The third kappa shape index (κ3) is 1.72. The van der Waals surface area contributed by atoms with E-state index < -0.39 is 6.10 Å². The molecule has 1 heterocycles. The lowest BCUT2D eigenvalue weighted by Crippen LogP contribution is -2.50. The van der Waals surface area contributed by atoms with Gasteiger partial charge in [-0.1, -0.05) is 0 Å². The lowest BCUT2D eigenvalue weighted by Gasteiger charge is -2.32. The Hall–Kier alpha value is -1.49. The van der Waals surface area contributed by atoms with Crippen LogP contribution in [0.2, 0.25) is 0 Å². The number of rotatable bonds is 2. The SMILES string of the molecule is O=C(NC1CCC1O)c1cnccn1. The van der Waals surface area contributed by atoms with Crippen LogP contribution in [0, 0.1) is 0 Å². The number of nitrogens with zero attached hydrogens (tertiary/aromatic N) is 2. The Morgan fingerprint density at radius 3 is 2.86 bits per heavy atom. The first-order valence-electron chi connectivity index (χ1n) is 4.52. The highest BCUT2D eigenvalue weighted by Crippen LogP contribution is 2.19. The molecule has 2 rings (SSSR count). The third-order valence-electron chi connectivity index (χ3n) is 2.35. The molecule has 2 unspecified atom stereocenters. The van der Waals surface area contributed by atoms with E-state index in [-0.39, 0.29) is 17.6 Å². The summed E-state index contributed by atoms with van der Waals surface area (Å²) in [6, 6.07) is -0.121. The number of carbonyl (C=O) groups excluding carboxylic acids is 1. The minimum Gasteiger partial charge on any atom is -0.391 e. The highest BCUT2D eigenvalue weighted by atomic mass is 16.3. The number of aliphatic hydroxyl groups excluding tert-OH is 1. The Balaban J connectivity index is 1.96. The van der Waals surface area contributed by atoms with Crippen molar-refractivity contribution in [2.24, 2.45) is 0 Å². The zero-order chi connectivity index (χ0) is 9.97. The zero-order valence-electron chi connectivity index (χ0n) is 7.55. The van der Waals surface area contributed by atoms with Crippen LogP contribution in [-0.2, 0) is 0 Å². The van der Waals surface area contributed by atoms with Gasteiger partial charge in [0.1, 0.15) is 5.69 Å². The Labute approximate surface area is 81.2 Å². The molecule has 0 radical (unpaired) electrons. The van der Waals surface area contributed by atoms with E-state index in [4.69, 9.17) is 0 Å². The van der Waals surface area contributed by atoms with Gasteiger partial charge in [0.25, 0.3) is 5.91 Å². The first kappa shape index (κ1) is 9.08. The van der Waals surface area contributed by atoms with Crippen LogP contribution < -0.4 is 5.32 Å². The van der Waals surface area contributed by atoms with Crippen molar-refractivity contribution in [2.45, 2.75) is 25.0 Å². The maximum absolute atomic E-state index is 11.5. The maximum Gasteiger partial charge on any atom is 0.271 e. The molecule has 14 heavy (non-hydrogen) atoms. The smallest absolute Gasteiger partial charge is 0.271 e. The van der Waals surface area contributed by atoms with Crippen molar-refractivity contribution in [2.75, 3.05) is 0 Å². The normalized spacial score (nSPS) is 25.2. The van der Waals surface area contributed by atoms with E-state index >= 15 is 0 Å². The molecule has 1 fully saturated rings. The van der Waals surface area contributed by atoms with Gasteiger partial charge < -0.3 is 10.4 Å². The second kappa shape index (κ2) is 3.71. The highest BCUT2D eigenvalue weighted by molar-refractivity contribution is 5.92. The molecule has 1 aromatic rings. The average molecular weight is 193 g/mol. The fraction of sp³-hybridized carbons (Fsp3) is 0.444. The van der Waals surface area contributed by atoms with Crippen LogP contribution in [0.15, 0.2) is 18.6 Å². The minimum absolute atomic E-state index is 0.121. The lowest BCUT2D eigenvalue weighted by atomic mass is 9.89. The van der Waals surface area contributed by atoms with E-state index in [1.165, 1.54) is 18.6 Å². The summed E-state index contributed by atoms with van der Waals surface area (Å²) < 4.78 is 0. The minimum atomic E-state index is -0.407. The topological polar surface area (TPSA) is 75.1 Å². The van der Waals surface area contributed by atoms with Crippen LogP contribution in [0.5, 0.6) is 0 Å². The predicted octanol–water partition coefficient (Wildman–Crippen LogP) is -0.270. The quantitative estimate of drug-likeness (QED) is 0.678. The molecule has 1 aliphatic rings. The summed E-state index contributed by atoms with van der Waals surface area (Å²) in [6.07, 6.45) is 5.55. The number of aromatic nitrogens is 2. The summed E-state index contributed by atoms with van der Waals surface area (Å²) in [5.74, 6) is -0.276.